The van der Waals surface area contributed by atoms with Gasteiger partial charge in [-0.05, 0) is 36.4 Å². The molecule has 1 heterocycles. The molecule has 0 aliphatic carbocycles. The lowest BCUT2D eigenvalue weighted by atomic mass is 10.0. The number of Topliss-reactive ketones (excluding diaryl/α,β-unsaturated/α-hetero) is 1. The Bertz CT molecular complexity index is 1070. The summed E-state index contributed by atoms with van der Waals surface area (Å²) >= 11 is 0. The van der Waals surface area contributed by atoms with Gasteiger partial charge in [0.25, 0.3) is 5.78 Å². The van der Waals surface area contributed by atoms with Gasteiger partial charge in [0.2, 0.25) is 0 Å². The molecule has 0 bridgehead atoms. The van der Waals surface area contributed by atoms with Gasteiger partial charge in [-0.3, -0.25) is 4.79 Å². The molecule has 0 atom stereocenters. The molecule has 0 saturated heterocycles. The summed E-state index contributed by atoms with van der Waals surface area (Å²) in [5.74, 6) is -2.62. The van der Waals surface area contributed by atoms with E-state index in [9.17, 15) is 23.1 Å². The highest BCUT2D eigenvalue weighted by atomic mass is 19.4. The van der Waals surface area contributed by atoms with Gasteiger partial charge in [0.15, 0.2) is 0 Å². The quantitative estimate of drug-likeness (QED) is 0.577. The Morgan fingerprint density at radius 2 is 1.43 bits per heavy atom. The number of halogens is 3. The van der Waals surface area contributed by atoms with Crippen molar-refractivity contribution in [3.05, 3.63) is 90.0 Å². The van der Waals surface area contributed by atoms with E-state index >= 15 is 0 Å². The standard InChI is InChI=1S/C23H16F3NO3/c24-23(25,26)22(29)19-14-30-20-13-17(11-12-18(20)21(19)28)27(15-7-3-1-4-8-15)16-9-5-2-6-10-16/h1-13,28H,14H2. The first-order valence-corrected chi connectivity index (χ1v) is 9.07. The average molecular weight is 411 g/mol. The van der Waals surface area contributed by atoms with Gasteiger partial charge in [0, 0.05) is 23.1 Å². The van der Waals surface area contributed by atoms with Gasteiger partial charge in [0.05, 0.1) is 11.1 Å². The number of alkyl halides is 3. The number of hydrogen-bond donors (Lipinski definition) is 1. The van der Waals surface area contributed by atoms with Crippen molar-refractivity contribution in [3.63, 3.8) is 0 Å². The molecule has 1 aliphatic heterocycles. The summed E-state index contributed by atoms with van der Waals surface area (Å²) in [6.45, 7) is -0.655. The lowest BCUT2D eigenvalue weighted by Crippen LogP contribution is -2.29. The number of fused-ring (bicyclic) bond motifs is 1. The van der Waals surface area contributed by atoms with E-state index in [-0.39, 0.29) is 11.3 Å². The maximum absolute atomic E-state index is 12.8. The number of nitrogens with zero attached hydrogens (tertiary/aromatic N) is 1. The Hall–Kier alpha value is -3.74. The Kier molecular flexibility index (Phi) is 4.95. The van der Waals surface area contributed by atoms with Crippen LogP contribution in [-0.2, 0) is 4.79 Å². The van der Waals surface area contributed by atoms with Gasteiger partial charge < -0.3 is 14.7 Å². The number of ether oxygens (including phenoxy) is 1. The first kappa shape index (κ1) is 19.6. The SMILES string of the molecule is O=C(C1=C(O)c2ccc(N(c3ccccc3)c3ccccc3)cc2OC1)C(F)(F)F. The van der Waals surface area contributed by atoms with E-state index in [2.05, 4.69) is 0 Å². The van der Waals surface area contributed by atoms with Gasteiger partial charge in [0.1, 0.15) is 18.1 Å². The van der Waals surface area contributed by atoms with Crippen LogP contribution in [0.3, 0.4) is 0 Å². The minimum absolute atomic E-state index is 0.0404. The van der Waals surface area contributed by atoms with E-state index in [1.807, 2.05) is 65.6 Å². The average Bonchev–Trinajstić information content (AvgIpc) is 2.75. The van der Waals surface area contributed by atoms with Crippen LogP contribution in [0.15, 0.2) is 84.4 Å². The van der Waals surface area contributed by atoms with E-state index in [4.69, 9.17) is 4.74 Å². The fraction of sp³-hybridized carbons (Fsp3) is 0.0870. The van der Waals surface area contributed by atoms with Crippen molar-refractivity contribution in [1.82, 2.24) is 0 Å². The van der Waals surface area contributed by atoms with Crippen molar-refractivity contribution in [1.29, 1.82) is 0 Å². The van der Waals surface area contributed by atoms with Gasteiger partial charge in [-0.2, -0.15) is 13.2 Å². The Labute approximate surface area is 170 Å². The van der Waals surface area contributed by atoms with Crippen molar-refractivity contribution >= 4 is 28.6 Å². The number of carbonyl (C=O) groups is 1. The second-order valence-corrected chi connectivity index (χ2v) is 6.63. The maximum atomic E-state index is 12.8. The summed E-state index contributed by atoms with van der Waals surface area (Å²) in [6.07, 6.45) is -5.08. The van der Waals surface area contributed by atoms with Gasteiger partial charge in [-0.15, -0.1) is 0 Å². The molecule has 30 heavy (non-hydrogen) atoms. The predicted octanol–water partition coefficient (Wildman–Crippen LogP) is 5.95. The highest BCUT2D eigenvalue weighted by Crippen LogP contribution is 2.40. The van der Waals surface area contributed by atoms with Crippen molar-refractivity contribution in [2.45, 2.75) is 6.18 Å². The minimum Gasteiger partial charge on any atom is -0.507 e. The topological polar surface area (TPSA) is 49.8 Å². The molecule has 7 heteroatoms. The molecule has 4 rings (SSSR count). The number of benzene rings is 3. The number of aliphatic hydroxyl groups excluding tert-OH is 1. The summed E-state index contributed by atoms with van der Waals surface area (Å²) < 4.78 is 43.7. The molecule has 0 aromatic heterocycles. The Morgan fingerprint density at radius 3 is 1.97 bits per heavy atom. The van der Waals surface area contributed by atoms with Crippen molar-refractivity contribution in [2.75, 3.05) is 11.5 Å². The minimum atomic E-state index is -5.08. The number of rotatable bonds is 4. The van der Waals surface area contributed by atoms with E-state index < -0.39 is 29.9 Å². The summed E-state index contributed by atoms with van der Waals surface area (Å²) in [4.78, 5) is 13.5. The molecule has 3 aromatic carbocycles. The number of anilines is 3. The van der Waals surface area contributed by atoms with Crippen LogP contribution in [0.1, 0.15) is 5.56 Å². The number of para-hydroxylation sites is 2. The van der Waals surface area contributed by atoms with E-state index in [0.717, 1.165) is 11.4 Å². The second kappa shape index (κ2) is 7.59. The Balaban J connectivity index is 1.79. The van der Waals surface area contributed by atoms with Crippen molar-refractivity contribution in [3.8, 4) is 5.75 Å². The summed E-state index contributed by atoms with van der Waals surface area (Å²) in [5.41, 5.74) is 1.66. The van der Waals surface area contributed by atoms with Crippen LogP contribution >= 0.6 is 0 Å². The van der Waals surface area contributed by atoms with Gasteiger partial charge >= 0.3 is 6.18 Å². The van der Waals surface area contributed by atoms with E-state index in [0.29, 0.717) is 5.69 Å². The van der Waals surface area contributed by atoms with Crippen LogP contribution < -0.4 is 9.64 Å². The van der Waals surface area contributed by atoms with E-state index in [1.165, 1.54) is 6.07 Å². The summed E-state index contributed by atoms with van der Waals surface area (Å²) in [6, 6.07) is 23.8. The Morgan fingerprint density at radius 1 is 0.867 bits per heavy atom. The lowest BCUT2D eigenvalue weighted by Gasteiger charge is -2.27. The molecule has 3 aromatic rings. The highest BCUT2D eigenvalue weighted by Gasteiger charge is 2.43. The van der Waals surface area contributed by atoms with Crippen LogP contribution in [0, 0.1) is 0 Å². The predicted molar refractivity (Wildman–Crippen MR) is 107 cm³/mol. The van der Waals surface area contributed by atoms with Crippen LogP contribution in [0.2, 0.25) is 0 Å². The normalized spacial score (nSPS) is 13.4. The molecule has 1 N–H and O–H groups in total. The molecule has 152 valence electrons. The van der Waals surface area contributed by atoms with Crippen molar-refractivity contribution in [2.24, 2.45) is 0 Å². The first-order chi connectivity index (χ1) is 14.4. The summed E-state index contributed by atoms with van der Waals surface area (Å²) in [7, 11) is 0. The third-order valence-electron chi connectivity index (χ3n) is 4.70. The molecule has 0 unspecified atom stereocenters. The number of aliphatic hydroxyl groups is 1. The fourth-order valence-electron chi connectivity index (χ4n) is 3.29. The van der Waals surface area contributed by atoms with Crippen LogP contribution in [0.25, 0.3) is 5.76 Å². The zero-order valence-electron chi connectivity index (χ0n) is 15.6. The second-order valence-electron chi connectivity index (χ2n) is 6.63. The largest absolute Gasteiger partial charge is 0.507 e. The third kappa shape index (κ3) is 3.61. The third-order valence-corrected chi connectivity index (χ3v) is 4.70. The molecular formula is C23H16F3NO3. The summed E-state index contributed by atoms with van der Waals surface area (Å²) in [5, 5.41) is 10.3. The first-order valence-electron chi connectivity index (χ1n) is 9.07. The molecule has 0 radical (unpaired) electrons. The van der Waals surface area contributed by atoms with Crippen LogP contribution in [-0.4, -0.2) is 23.7 Å². The molecular weight excluding hydrogens is 395 g/mol. The van der Waals surface area contributed by atoms with E-state index in [1.54, 1.807) is 12.1 Å². The lowest BCUT2D eigenvalue weighted by molar-refractivity contribution is -0.167. The maximum Gasteiger partial charge on any atom is 0.454 e. The fourth-order valence-corrected chi connectivity index (χ4v) is 3.29. The van der Waals surface area contributed by atoms with Crippen LogP contribution in [0.5, 0.6) is 5.75 Å². The molecule has 4 nitrogen and oxygen atoms in total. The van der Waals surface area contributed by atoms with Gasteiger partial charge in [-0.25, -0.2) is 0 Å². The monoisotopic (exact) mass is 411 g/mol. The number of hydrogen-bond acceptors (Lipinski definition) is 4. The zero-order valence-corrected chi connectivity index (χ0v) is 15.6. The number of ketones is 1. The molecule has 0 spiro atoms. The smallest absolute Gasteiger partial charge is 0.454 e. The zero-order chi connectivity index (χ0) is 21.3. The molecule has 1 aliphatic rings. The number of carbonyl (C=O) groups excluding carboxylic acids is 1. The molecule has 0 fully saturated rings. The highest BCUT2D eigenvalue weighted by molar-refractivity contribution is 6.06. The van der Waals surface area contributed by atoms with Gasteiger partial charge in [-0.1, -0.05) is 36.4 Å². The molecule has 0 amide bonds. The van der Waals surface area contributed by atoms with Crippen LogP contribution in [0.4, 0.5) is 30.2 Å². The molecule has 0 saturated carbocycles. The van der Waals surface area contributed by atoms with Crippen molar-refractivity contribution < 1.29 is 27.8 Å².